The molecule has 0 aromatic heterocycles. The lowest BCUT2D eigenvalue weighted by Crippen LogP contribution is -1.77. The Morgan fingerprint density at radius 1 is 1.08 bits per heavy atom. The van der Waals surface area contributed by atoms with E-state index in [1.54, 1.807) is 14.2 Å². The highest BCUT2D eigenvalue weighted by molar-refractivity contribution is 7.52. The third-order valence-corrected chi connectivity index (χ3v) is 2.35. The SMILES string of the molecule is COP(C#Cc1ccccc1)OC. The minimum absolute atomic E-state index is 0.976. The molecule has 0 bridgehead atoms. The monoisotopic (exact) mass is 194 g/mol. The van der Waals surface area contributed by atoms with E-state index in [0.717, 1.165) is 5.56 Å². The van der Waals surface area contributed by atoms with Gasteiger partial charge in [-0.05, 0) is 17.8 Å². The maximum Gasteiger partial charge on any atom is 0.256 e. The second-order valence-corrected chi connectivity index (χ2v) is 3.69. The summed E-state index contributed by atoms with van der Waals surface area (Å²) in [6.45, 7) is 0. The van der Waals surface area contributed by atoms with Gasteiger partial charge in [0.1, 0.15) is 0 Å². The molecule has 68 valence electrons. The first-order chi connectivity index (χ1) is 6.36. The third-order valence-electron chi connectivity index (χ3n) is 1.40. The van der Waals surface area contributed by atoms with Gasteiger partial charge in [-0.1, -0.05) is 24.1 Å². The summed E-state index contributed by atoms with van der Waals surface area (Å²) in [5.74, 6) is 2.98. The van der Waals surface area contributed by atoms with E-state index in [9.17, 15) is 0 Å². The van der Waals surface area contributed by atoms with Crippen molar-refractivity contribution in [2.75, 3.05) is 14.2 Å². The summed E-state index contributed by atoms with van der Waals surface area (Å²) in [5, 5.41) is 0. The van der Waals surface area contributed by atoms with Crippen molar-refractivity contribution in [3.05, 3.63) is 35.9 Å². The summed E-state index contributed by atoms with van der Waals surface area (Å²) in [4.78, 5) is 0. The quantitative estimate of drug-likeness (QED) is 0.532. The molecule has 0 N–H and O–H groups in total. The van der Waals surface area contributed by atoms with Crippen LogP contribution in [0.1, 0.15) is 5.56 Å². The molecule has 1 aromatic carbocycles. The Bertz CT molecular complexity index is 296. The van der Waals surface area contributed by atoms with Gasteiger partial charge in [-0.2, -0.15) is 0 Å². The largest absolute Gasteiger partial charge is 0.328 e. The zero-order valence-corrected chi connectivity index (χ0v) is 8.54. The average molecular weight is 194 g/mol. The number of hydrogen-bond acceptors (Lipinski definition) is 2. The van der Waals surface area contributed by atoms with E-state index in [2.05, 4.69) is 11.6 Å². The maximum atomic E-state index is 4.99. The van der Waals surface area contributed by atoms with Crippen molar-refractivity contribution in [1.29, 1.82) is 0 Å². The van der Waals surface area contributed by atoms with Crippen LogP contribution in [0, 0.1) is 11.6 Å². The number of benzene rings is 1. The molecule has 0 unspecified atom stereocenters. The molecule has 2 nitrogen and oxygen atoms in total. The summed E-state index contributed by atoms with van der Waals surface area (Å²) in [6.07, 6.45) is 0. The van der Waals surface area contributed by atoms with Crippen LogP contribution in [-0.2, 0) is 9.05 Å². The van der Waals surface area contributed by atoms with Gasteiger partial charge in [-0.3, -0.25) is 0 Å². The van der Waals surface area contributed by atoms with Gasteiger partial charge < -0.3 is 9.05 Å². The second kappa shape index (κ2) is 5.72. The molecular formula is C10H11O2P. The first-order valence-corrected chi connectivity index (χ1v) is 4.99. The molecule has 0 radical (unpaired) electrons. The van der Waals surface area contributed by atoms with Gasteiger partial charge >= 0.3 is 0 Å². The van der Waals surface area contributed by atoms with Crippen molar-refractivity contribution >= 4 is 8.38 Å². The van der Waals surface area contributed by atoms with Gasteiger partial charge in [0.15, 0.2) is 0 Å². The molecule has 0 spiro atoms. The molecule has 0 saturated heterocycles. The number of rotatable bonds is 2. The lowest BCUT2D eigenvalue weighted by atomic mass is 10.2. The molecule has 0 aliphatic carbocycles. The minimum atomic E-state index is -1.04. The van der Waals surface area contributed by atoms with Crippen LogP contribution < -0.4 is 0 Å². The fraction of sp³-hybridized carbons (Fsp3) is 0.200. The van der Waals surface area contributed by atoms with Gasteiger partial charge in [-0.25, -0.2) is 0 Å². The second-order valence-electron chi connectivity index (χ2n) is 2.23. The van der Waals surface area contributed by atoms with Gasteiger partial charge in [-0.15, -0.1) is 0 Å². The van der Waals surface area contributed by atoms with Crippen molar-refractivity contribution < 1.29 is 9.05 Å². The average Bonchev–Trinajstić information content (AvgIpc) is 2.21. The van der Waals surface area contributed by atoms with E-state index in [4.69, 9.17) is 9.05 Å². The summed E-state index contributed by atoms with van der Waals surface area (Å²) in [6, 6.07) is 9.76. The highest BCUT2D eigenvalue weighted by Gasteiger charge is 1.98. The van der Waals surface area contributed by atoms with Crippen molar-refractivity contribution in [3.8, 4) is 11.6 Å². The summed E-state index contributed by atoms with van der Waals surface area (Å²) in [7, 11) is 2.14. The molecule has 13 heavy (non-hydrogen) atoms. The van der Waals surface area contributed by atoms with Crippen molar-refractivity contribution in [2.24, 2.45) is 0 Å². The highest BCUT2D eigenvalue weighted by atomic mass is 31.2. The minimum Gasteiger partial charge on any atom is -0.328 e. The van der Waals surface area contributed by atoms with E-state index in [1.165, 1.54) is 0 Å². The third kappa shape index (κ3) is 3.57. The van der Waals surface area contributed by atoms with Crippen LogP contribution in [0.3, 0.4) is 0 Å². The van der Waals surface area contributed by atoms with Gasteiger partial charge in [0.2, 0.25) is 0 Å². The maximum absolute atomic E-state index is 4.99. The van der Waals surface area contributed by atoms with Gasteiger partial charge in [0.05, 0.1) is 0 Å². The first-order valence-electron chi connectivity index (χ1n) is 3.82. The van der Waals surface area contributed by atoms with Crippen LogP contribution in [0.4, 0.5) is 0 Å². The predicted molar refractivity (Wildman–Crippen MR) is 54.3 cm³/mol. The normalized spacial score (nSPS) is 9.46. The summed E-state index contributed by atoms with van der Waals surface area (Å²) < 4.78 is 9.98. The Morgan fingerprint density at radius 3 is 2.23 bits per heavy atom. The molecule has 0 saturated carbocycles. The molecule has 0 aliphatic rings. The Balaban J connectivity index is 2.66. The highest BCUT2D eigenvalue weighted by Crippen LogP contribution is 2.33. The van der Waals surface area contributed by atoms with E-state index < -0.39 is 8.38 Å². The first kappa shape index (κ1) is 10.2. The van der Waals surface area contributed by atoms with Crippen molar-refractivity contribution in [2.45, 2.75) is 0 Å². The Labute approximate surface area is 79.8 Å². The zero-order valence-electron chi connectivity index (χ0n) is 7.65. The van der Waals surface area contributed by atoms with Crippen LogP contribution in [-0.4, -0.2) is 14.2 Å². The van der Waals surface area contributed by atoms with E-state index in [-0.39, 0.29) is 0 Å². The van der Waals surface area contributed by atoms with Crippen LogP contribution in [0.2, 0.25) is 0 Å². The Kier molecular flexibility index (Phi) is 4.49. The molecule has 0 aliphatic heterocycles. The van der Waals surface area contributed by atoms with E-state index >= 15 is 0 Å². The van der Waals surface area contributed by atoms with Crippen LogP contribution >= 0.6 is 8.38 Å². The smallest absolute Gasteiger partial charge is 0.256 e. The lowest BCUT2D eigenvalue weighted by Gasteiger charge is -2.01. The molecule has 1 aromatic rings. The fourth-order valence-electron chi connectivity index (χ4n) is 0.798. The molecule has 0 fully saturated rings. The molecular weight excluding hydrogens is 183 g/mol. The summed E-state index contributed by atoms with van der Waals surface area (Å²) in [5.41, 5.74) is 3.88. The van der Waals surface area contributed by atoms with Crippen LogP contribution in [0.15, 0.2) is 30.3 Å². The number of hydrogen-bond donors (Lipinski definition) is 0. The van der Waals surface area contributed by atoms with Crippen LogP contribution in [0.5, 0.6) is 0 Å². The molecule has 0 atom stereocenters. The molecule has 1 rings (SSSR count). The molecule has 0 heterocycles. The van der Waals surface area contributed by atoms with E-state index in [1.807, 2.05) is 30.3 Å². The standard InChI is InChI=1S/C10H11O2P/c1-11-13(12-2)9-8-10-6-4-3-5-7-10/h3-7H,1-2H3. The van der Waals surface area contributed by atoms with Gasteiger partial charge in [0.25, 0.3) is 8.38 Å². The molecule has 3 heteroatoms. The van der Waals surface area contributed by atoms with Crippen molar-refractivity contribution in [3.63, 3.8) is 0 Å². The van der Waals surface area contributed by atoms with E-state index in [0.29, 0.717) is 0 Å². The summed E-state index contributed by atoms with van der Waals surface area (Å²) >= 11 is 0. The van der Waals surface area contributed by atoms with Crippen molar-refractivity contribution in [1.82, 2.24) is 0 Å². The fourth-order valence-corrected chi connectivity index (χ4v) is 1.35. The zero-order chi connectivity index (χ0) is 9.52. The van der Waals surface area contributed by atoms with Crippen LogP contribution in [0.25, 0.3) is 0 Å². The molecule has 0 amide bonds. The lowest BCUT2D eigenvalue weighted by molar-refractivity contribution is 0.351. The predicted octanol–water partition coefficient (Wildman–Crippen LogP) is 2.60. The van der Waals surface area contributed by atoms with Gasteiger partial charge in [0, 0.05) is 19.8 Å². The topological polar surface area (TPSA) is 18.5 Å². The Hall–Kier alpha value is -0.870. The Morgan fingerprint density at radius 2 is 1.69 bits per heavy atom.